The fourth-order valence-electron chi connectivity index (χ4n) is 2.32. The van der Waals surface area contributed by atoms with Crippen LogP contribution in [0.2, 0.25) is 0 Å². The van der Waals surface area contributed by atoms with Gasteiger partial charge in [0.25, 0.3) is 0 Å². The summed E-state index contributed by atoms with van der Waals surface area (Å²) < 4.78 is 15.2. The van der Waals surface area contributed by atoms with Crippen LogP contribution in [0.1, 0.15) is 16.1 Å². The first kappa shape index (κ1) is 20.3. The van der Waals surface area contributed by atoms with Crippen molar-refractivity contribution in [3.63, 3.8) is 0 Å². The Morgan fingerprint density at radius 3 is 2.43 bits per heavy atom. The van der Waals surface area contributed by atoms with Crippen LogP contribution in [0.5, 0.6) is 11.5 Å². The minimum Gasteiger partial charge on any atom is -0.495 e. The van der Waals surface area contributed by atoms with Crippen LogP contribution in [-0.2, 0) is 9.59 Å². The van der Waals surface area contributed by atoms with Crippen molar-refractivity contribution in [1.29, 1.82) is 0 Å². The summed E-state index contributed by atoms with van der Waals surface area (Å²) in [4.78, 5) is 35.6. The summed E-state index contributed by atoms with van der Waals surface area (Å²) in [5.41, 5.74) is 3.11. The van der Waals surface area contributed by atoms with Crippen molar-refractivity contribution in [2.75, 3.05) is 12.4 Å². The standard InChI is InChI=1S/C21H17N3O6/c1-28-17-6-3-2-5-16(17)23-19(25)20(26)24-22-13-14-8-10-15(11-9-14)30-21(27)18-7-4-12-29-18/h2-13H,1H3,(H,23,25)(H,24,26)/b22-13+. The Kier molecular flexibility index (Phi) is 6.57. The monoisotopic (exact) mass is 407 g/mol. The van der Waals surface area contributed by atoms with E-state index in [1.807, 2.05) is 0 Å². The van der Waals surface area contributed by atoms with Crippen molar-refractivity contribution in [2.24, 2.45) is 5.10 Å². The number of hydrogen-bond acceptors (Lipinski definition) is 7. The van der Waals surface area contributed by atoms with E-state index in [0.717, 1.165) is 0 Å². The summed E-state index contributed by atoms with van der Waals surface area (Å²) in [7, 11) is 1.46. The number of rotatable bonds is 6. The number of amides is 2. The Bertz CT molecular complexity index is 1060. The van der Waals surface area contributed by atoms with Crippen LogP contribution in [-0.4, -0.2) is 31.1 Å². The largest absolute Gasteiger partial charge is 0.495 e. The van der Waals surface area contributed by atoms with E-state index in [9.17, 15) is 14.4 Å². The maximum Gasteiger partial charge on any atom is 0.379 e. The van der Waals surface area contributed by atoms with Gasteiger partial charge in [-0.1, -0.05) is 12.1 Å². The molecule has 9 nitrogen and oxygen atoms in total. The second-order valence-electron chi connectivity index (χ2n) is 5.79. The summed E-state index contributed by atoms with van der Waals surface area (Å²) in [6.07, 6.45) is 2.72. The molecule has 2 aromatic carbocycles. The quantitative estimate of drug-likeness (QED) is 0.213. The number of nitrogens with zero attached hydrogens (tertiary/aromatic N) is 1. The molecule has 0 bridgehead atoms. The van der Waals surface area contributed by atoms with Gasteiger partial charge >= 0.3 is 17.8 Å². The number of carbonyl (C=O) groups is 3. The van der Waals surface area contributed by atoms with Crippen LogP contribution in [0.15, 0.2) is 76.4 Å². The SMILES string of the molecule is COc1ccccc1NC(=O)C(=O)N/N=C/c1ccc(OC(=O)c2ccco2)cc1. The number of benzene rings is 2. The number of furan rings is 1. The third-order valence-corrected chi connectivity index (χ3v) is 3.75. The minimum atomic E-state index is -0.943. The average molecular weight is 407 g/mol. The van der Waals surface area contributed by atoms with E-state index in [0.29, 0.717) is 22.7 Å². The predicted octanol–water partition coefficient (Wildman–Crippen LogP) is 2.60. The highest BCUT2D eigenvalue weighted by Crippen LogP contribution is 2.22. The lowest BCUT2D eigenvalue weighted by Crippen LogP contribution is -2.32. The number of ether oxygens (including phenoxy) is 2. The number of carbonyl (C=O) groups excluding carboxylic acids is 3. The minimum absolute atomic E-state index is 0.0924. The van der Waals surface area contributed by atoms with Crippen molar-refractivity contribution in [3.8, 4) is 11.5 Å². The predicted molar refractivity (Wildman–Crippen MR) is 107 cm³/mol. The number of hydrogen-bond donors (Lipinski definition) is 2. The van der Waals surface area contributed by atoms with Gasteiger partial charge in [0.05, 0.1) is 25.3 Å². The van der Waals surface area contributed by atoms with Gasteiger partial charge in [-0.3, -0.25) is 9.59 Å². The molecule has 0 unspecified atom stereocenters. The lowest BCUT2D eigenvalue weighted by molar-refractivity contribution is -0.136. The number of para-hydroxylation sites is 2. The van der Waals surface area contributed by atoms with Gasteiger partial charge in [0, 0.05) is 0 Å². The van der Waals surface area contributed by atoms with Gasteiger partial charge in [-0.15, -0.1) is 0 Å². The highest BCUT2D eigenvalue weighted by atomic mass is 16.5. The molecule has 2 amide bonds. The third-order valence-electron chi connectivity index (χ3n) is 3.75. The summed E-state index contributed by atoms with van der Waals surface area (Å²) in [6, 6.07) is 16.1. The van der Waals surface area contributed by atoms with Crippen molar-refractivity contribution < 1.29 is 28.3 Å². The van der Waals surface area contributed by atoms with Gasteiger partial charge in [-0.2, -0.15) is 5.10 Å². The van der Waals surface area contributed by atoms with Crippen LogP contribution in [0.3, 0.4) is 0 Å². The molecule has 1 aromatic heterocycles. The van der Waals surface area contributed by atoms with E-state index in [1.165, 1.54) is 25.7 Å². The first-order valence-corrected chi connectivity index (χ1v) is 8.70. The fourth-order valence-corrected chi connectivity index (χ4v) is 2.32. The van der Waals surface area contributed by atoms with Crippen molar-refractivity contribution in [1.82, 2.24) is 5.43 Å². The van der Waals surface area contributed by atoms with Crippen molar-refractivity contribution in [2.45, 2.75) is 0 Å². The van der Waals surface area contributed by atoms with E-state index in [4.69, 9.17) is 13.9 Å². The summed E-state index contributed by atoms with van der Waals surface area (Å²) in [5.74, 6) is -1.62. The van der Waals surface area contributed by atoms with E-state index in [2.05, 4.69) is 15.8 Å². The molecule has 2 N–H and O–H groups in total. The Labute approximate surface area is 171 Å². The number of nitrogens with one attached hydrogen (secondary N) is 2. The molecule has 30 heavy (non-hydrogen) atoms. The zero-order valence-corrected chi connectivity index (χ0v) is 15.8. The molecule has 0 aliphatic rings. The molecule has 9 heteroatoms. The molecule has 3 rings (SSSR count). The zero-order valence-electron chi connectivity index (χ0n) is 15.8. The third kappa shape index (κ3) is 5.32. The molecular formula is C21H17N3O6. The highest BCUT2D eigenvalue weighted by molar-refractivity contribution is 6.39. The van der Waals surface area contributed by atoms with E-state index < -0.39 is 17.8 Å². The summed E-state index contributed by atoms with van der Waals surface area (Å²) in [5, 5.41) is 6.18. The number of methoxy groups -OCH3 is 1. The molecule has 152 valence electrons. The Morgan fingerprint density at radius 1 is 0.967 bits per heavy atom. The van der Waals surface area contributed by atoms with Gasteiger partial charge in [-0.05, 0) is 54.1 Å². The van der Waals surface area contributed by atoms with Gasteiger partial charge in [0.2, 0.25) is 5.76 Å². The average Bonchev–Trinajstić information content (AvgIpc) is 3.30. The maximum absolute atomic E-state index is 12.0. The van der Waals surface area contributed by atoms with E-state index in [-0.39, 0.29) is 5.76 Å². The second-order valence-corrected chi connectivity index (χ2v) is 5.79. The Hall–Kier alpha value is -4.40. The normalized spacial score (nSPS) is 10.4. The molecule has 0 aliphatic heterocycles. The summed E-state index contributed by atoms with van der Waals surface area (Å²) >= 11 is 0. The first-order chi connectivity index (χ1) is 14.6. The number of anilines is 1. The molecule has 0 fully saturated rings. The summed E-state index contributed by atoms with van der Waals surface area (Å²) in [6.45, 7) is 0. The molecule has 0 aliphatic carbocycles. The lowest BCUT2D eigenvalue weighted by Gasteiger charge is -2.08. The van der Waals surface area contributed by atoms with Crippen LogP contribution < -0.4 is 20.2 Å². The number of esters is 1. The number of hydrazone groups is 1. The fraction of sp³-hybridized carbons (Fsp3) is 0.0476. The van der Waals surface area contributed by atoms with Gasteiger partial charge < -0.3 is 19.2 Å². The smallest absolute Gasteiger partial charge is 0.379 e. The van der Waals surface area contributed by atoms with E-state index >= 15 is 0 Å². The molecule has 0 saturated carbocycles. The topological polar surface area (TPSA) is 119 Å². The molecule has 0 atom stereocenters. The van der Waals surface area contributed by atoms with Gasteiger partial charge in [0.1, 0.15) is 11.5 Å². The molecule has 0 spiro atoms. The van der Waals surface area contributed by atoms with Crippen LogP contribution in [0, 0.1) is 0 Å². The van der Waals surface area contributed by atoms with Gasteiger partial charge in [0.15, 0.2) is 0 Å². The lowest BCUT2D eigenvalue weighted by atomic mass is 10.2. The maximum atomic E-state index is 12.0. The molecule has 3 aromatic rings. The van der Waals surface area contributed by atoms with Crippen LogP contribution in [0.25, 0.3) is 0 Å². The molecular weight excluding hydrogens is 390 g/mol. The molecule has 0 radical (unpaired) electrons. The van der Waals surface area contributed by atoms with Gasteiger partial charge in [-0.25, -0.2) is 10.2 Å². The first-order valence-electron chi connectivity index (χ1n) is 8.70. The van der Waals surface area contributed by atoms with Crippen LogP contribution >= 0.6 is 0 Å². The second kappa shape index (κ2) is 9.69. The Balaban J connectivity index is 1.51. The van der Waals surface area contributed by atoms with E-state index in [1.54, 1.807) is 54.6 Å². The van der Waals surface area contributed by atoms with Crippen LogP contribution in [0.4, 0.5) is 5.69 Å². The molecule has 1 heterocycles. The highest BCUT2D eigenvalue weighted by Gasteiger charge is 2.15. The Morgan fingerprint density at radius 2 is 1.73 bits per heavy atom. The zero-order chi connectivity index (χ0) is 21.3. The molecule has 0 saturated heterocycles. The van der Waals surface area contributed by atoms with Crippen molar-refractivity contribution >= 4 is 29.7 Å². The van der Waals surface area contributed by atoms with Crippen molar-refractivity contribution in [3.05, 3.63) is 78.3 Å².